The van der Waals surface area contributed by atoms with Crippen LogP contribution < -0.4 is 5.32 Å². The molecule has 1 aliphatic heterocycles. The lowest BCUT2D eigenvalue weighted by Crippen LogP contribution is -2.59. The minimum Gasteiger partial charge on any atom is -0.394 e. The Bertz CT molecular complexity index is 1940. The molecule has 1 aliphatic rings. The van der Waals surface area contributed by atoms with Gasteiger partial charge in [-0.15, -0.1) is 0 Å². The van der Waals surface area contributed by atoms with Gasteiger partial charge in [0.2, 0.25) is 0 Å². The molecule has 274 valence electrons. The van der Waals surface area contributed by atoms with Crippen molar-refractivity contribution in [2.75, 3.05) is 13.2 Å². The second-order valence-electron chi connectivity index (χ2n) is 8.16. The van der Waals surface area contributed by atoms with Crippen LogP contribution >= 0.6 is 0 Å². The van der Waals surface area contributed by atoms with Crippen LogP contribution in [0.25, 0.3) is 0 Å². The molecular formula is C37H72FNO7. The number of hydrogen-bond donors (Lipinski definition) is 5. The molecule has 0 saturated carbocycles. The van der Waals surface area contributed by atoms with Crippen molar-refractivity contribution in [2.24, 2.45) is 0 Å². The molecule has 1 saturated heterocycles. The van der Waals surface area contributed by atoms with Crippen LogP contribution in [0, 0.1) is 142 Å². The van der Waals surface area contributed by atoms with E-state index in [-0.39, 0.29) is 40.7 Å². The van der Waals surface area contributed by atoms with Crippen LogP contribution in [-0.2, 0) is 14.3 Å². The van der Waals surface area contributed by atoms with E-state index in [9.17, 15) is 29.6 Å². The lowest BCUT2D eigenvalue weighted by molar-refractivity contribution is -0.302. The van der Waals surface area contributed by atoms with E-state index in [1.165, 1.54) is 0 Å². The fourth-order valence-corrected chi connectivity index (χ4v) is 2.90. The van der Waals surface area contributed by atoms with Gasteiger partial charge in [0.1, 0.15) is 30.6 Å². The Morgan fingerprint density at radius 2 is 1.15 bits per heavy atom. The summed E-state index contributed by atoms with van der Waals surface area (Å²) in [6.07, 6.45) is -9.10. The minimum atomic E-state index is -1.67. The Balaban J connectivity index is -0.0000000401. The van der Waals surface area contributed by atoms with E-state index in [1.807, 2.05) is 0 Å². The number of aliphatic hydroxyl groups is 4. The molecule has 2 unspecified atom stereocenters. The number of carbonyl (C=O) groups is 1. The highest BCUT2D eigenvalue weighted by Crippen LogP contribution is 2.22. The Morgan fingerprint density at radius 3 is 1.54 bits per heavy atom. The van der Waals surface area contributed by atoms with E-state index in [2.05, 4.69) is 147 Å². The predicted octanol–water partition coefficient (Wildman–Crippen LogP) is 4.00. The maximum Gasteiger partial charge on any atom is 0.297 e. The van der Waals surface area contributed by atoms with Gasteiger partial charge in [-0.2, -0.15) is 0 Å². The molecule has 9 heteroatoms. The van der Waals surface area contributed by atoms with Crippen LogP contribution in [0.4, 0.5) is 4.39 Å². The highest BCUT2D eigenvalue weighted by atomic mass is 19.1. The molecule has 8 nitrogen and oxygen atoms in total. The summed E-state index contributed by atoms with van der Waals surface area (Å²) in [5.41, 5.74) is 0. The van der Waals surface area contributed by atoms with Crippen LogP contribution in [0.5, 0.6) is 0 Å². The van der Waals surface area contributed by atoms with Crippen molar-refractivity contribution in [3.05, 3.63) is 0 Å². The third-order valence-electron chi connectivity index (χ3n) is 5.05. The van der Waals surface area contributed by atoms with Crippen LogP contribution in [0.2, 0.25) is 0 Å². The maximum absolute atomic E-state index is 14.4. The summed E-state index contributed by atoms with van der Waals surface area (Å²) >= 11 is 0. The van der Waals surface area contributed by atoms with Crippen molar-refractivity contribution in [2.45, 2.75) is 63.2 Å². The quantitative estimate of drug-likeness (QED) is 0.261. The molecule has 46 heavy (non-hydrogen) atoms. The van der Waals surface area contributed by atoms with Gasteiger partial charge >= 0.3 is 0 Å². The smallest absolute Gasteiger partial charge is 0.297 e. The average Bonchev–Trinajstić information content (AvgIpc) is 3.06. The first-order valence-corrected chi connectivity index (χ1v) is 13.1. The molecule has 7 atom stereocenters. The molecule has 0 spiro atoms. The summed E-state index contributed by atoms with van der Waals surface area (Å²) in [5.74, 6) is 57.8. The van der Waals surface area contributed by atoms with E-state index in [0.717, 1.165) is 0 Å². The molecule has 1 amide bonds. The Hall–Kier alpha value is -6.12. The molecule has 0 aromatic rings. The zero-order valence-corrected chi connectivity index (χ0v) is 24.6. The van der Waals surface area contributed by atoms with Crippen molar-refractivity contribution in [3.8, 4) is 142 Å². The number of ether oxygens (including phenoxy) is 2. The lowest BCUT2D eigenvalue weighted by Gasteiger charge is -2.40. The number of nitrogens with one attached hydrogen (secondary N) is 1. The number of hydrogen-bond acceptors (Lipinski definition) is 7. The minimum absolute atomic E-state index is 0. The number of rotatable bonds is 7. The van der Waals surface area contributed by atoms with Gasteiger partial charge in [0, 0.05) is 75.7 Å². The van der Waals surface area contributed by atoms with Gasteiger partial charge in [0.05, 0.1) is 19.3 Å². The summed E-state index contributed by atoms with van der Waals surface area (Å²) in [7, 11) is 0. The summed E-state index contributed by atoms with van der Waals surface area (Å²) in [6, 6.07) is -1.18. The largest absolute Gasteiger partial charge is 0.394 e. The maximum atomic E-state index is 14.4. The van der Waals surface area contributed by atoms with Crippen molar-refractivity contribution in [1.29, 1.82) is 0 Å². The average molecular weight is 662 g/mol. The van der Waals surface area contributed by atoms with Crippen molar-refractivity contribution < 1.29 is 73.3 Å². The third kappa shape index (κ3) is 16.5. The SMILES string of the molecule is CC#CC#CC#CC#CC#CC#CC#CC#CC#CC#CC#CC#CC(=O)N[C@@H](CO[C@H]1OC(CO)[C@H](O)[C@H](O)C1O)[C@H](F)CC.[HH].[HH].[HH].[HH].[HH].[HH].[HH].[HH].[HH].[HH].[HH].[HH].[HH].[HH].[HH].[HH].[HH].[HH].[HH].[HH].[HH].[HH].[HH].[HH]. The molecule has 0 aromatic heterocycles. The van der Waals surface area contributed by atoms with E-state index >= 15 is 0 Å². The zero-order chi connectivity index (χ0) is 33.8. The molecule has 1 fully saturated rings. The summed E-state index contributed by atoms with van der Waals surface area (Å²) < 4.78 is 25.0. The fourth-order valence-electron chi connectivity index (χ4n) is 2.90. The number of aliphatic hydroxyl groups excluding tert-OH is 4. The van der Waals surface area contributed by atoms with Crippen LogP contribution in [0.15, 0.2) is 0 Å². The monoisotopic (exact) mass is 662 g/mol. The molecule has 1 heterocycles. The van der Waals surface area contributed by atoms with Gasteiger partial charge in [0.25, 0.3) is 5.91 Å². The van der Waals surface area contributed by atoms with Crippen molar-refractivity contribution in [3.63, 3.8) is 0 Å². The van der Waals surface area contributed by atoms with Gasteiger partial charge in [-0.3, -0.25) is 4.79 Å². The number of carbonyl (C=O) groups excluding carboxylic acids is 1. The first-order chi connectivity index (χ1) is 22.3. The first kappa shape index (κ1) is 37.9. The molecular weight excluding hydrogens is 589 g/mol. The standard InChI is InChI=1S/C37H24FNO7.24H2/c1-3-5-6-7-8-9-10-11-12-13-14-15-16-17-18-19-20-21-22-23-24-25-26-27-33(41)39-31(30(38)4-2)29-45-37-36(44)35(43)34(42)32(28-40)46-37;;;;;;;;;;;;;;;;;;;;;;;;/h30-32,34-37,40,42-44H,4,28-29H2,1-2H3,(H,39,41);24*1H/t30-,31+,32?,34+,35+,36?,37+;;;;;;;;;;;;;;;;;;;;;;;;/m1......................../s1. The van der Waals surface area contributed by atoms with Gasteiger partial charge in [-0.25, -0.2) is 4.39 Å². The molecule has 0 bridgehead atoms. The van der Waals surface area contributed by atoms with Gasteiger partial charge < -0.3 is 35.2 Å². The number of amides is 1. The van der Waals surface area contributed by atoms with Gasteiger partial charge in [-0.1, -0.05) is 12.8 Å². The third-order valence-corrected chi connectivity index (χ3v) is 5.05. The highest BCUT2D eigenvalue weighted by Gasteiger charge is 2.44. The van der Waals surface area contributed by atoms with E-state index < -0.39 is 62.0 Å². The van der Waals surface area contributed by atoms with Crippen molar-refractivity contribution in [1.82, 2.24) is 5.32 Å². The zero-order valence-electron chi connectivity index (χ0n) is 24.6. The van der Waals surface area contributed by atoms with E-state index in [0.29, 0.717) is 0 Å². The molecule has 5 N–H and O–H groups in total. The lowest BCUT2D eigenvalue weighted by atomic mass is 9.99. The van der Waals surface area contributed by atoms with Gasteiger partial charge in [0.15, 0.2) is 6.29 Å². The summed E-state index contributed by atoms with van der Waals surface area (Å²) in [6.45, 7) is 2.10. The van der Waals surface area contributed by atoms with Gasteiger partial charge in [-0.05, 0) is 108 Å². The molecule has 0 aromatic carbocycles. The van der Waals surface area contributed by atoms with Crippen molar-refractivity contribution >= 4 is 5.91 Å². The Kier molecular flexibility index (Phi) is 20.1. The van der Waals surface area contributed by atoms with Crippen LogP contribution in [0.3, 0.4) is 0 Å². The second-order valence-corrected chi connectivity index (χ2v) is 8.16. The van der Waals surface area contributed by atoms with Crippen LogP contribution in [0.1, 0.15) is 54.5 Å². The number of halogens is 1. The molecule has 1 rings (SSSR count). The highest BCUT2D eigenvalue weighted by molar-refractivity contribution is 5.94. The summed E-state index contributed by atoms with van der Waals surface area (Å²) in [4.78, 5) is 12.1. The molecule has 0 radical (unpaired) electrons. The number of alkyl halides is 1. The predicted molar refractivity (Wildman–Crippen MR) is 217 cm³/mol. The first-order valence-electron chi connectivity index (χ1n) is 13.1. The fraction of sp³-hybridized carbons (Fsp3) is 0.324. The van der Waals surface area contributed by atoms with Crippen LogP contribution in [-0.4, -0.2) is 82.5 Å². The summed E-state index contributed by atoms with van der Waals surface area (Å²) in [5, 5.41) is 41.3. The topological polar surface area (TPSA) is 128 Å². The van der Waals surface area contributed by atoms with E-state index in [1.54, 1.807) is 13.8 Å². The molecule has 0 aliphatic carbocycles. The second kappa shape index (κ2) is 24.3. The Morgan fingerprint density at radius 1 is 0.739 bits per heavy atom. The van der Waals surface area contributed by atoms with E-state index in [4.69, 9.17) is 9.47 Å². The normalized spacial score (nSPS) is 18.8. The Labute approximate surface area is 304 Å².